The molecule has 1 atom stereocenters. The molecule has 5 rings (SSSR count). The van der Waals surface area contributed by atoms with Crippen LogP contribution in [0.3, 0.4) is 0 Å². The highest BCUT2D eigenvalue weighted by atomic mass is 19.1. The van der Waals surface area contributed by atoms with Gasteiger partial charge in [-0.3, -0.25) is 4.79 Å². The Bertz CT molecular complexity index is 1670. The quantitative estimate of drug-likeness (QED) is 0.323. The van der Waals surface area contributed by atoms with Crippen LogP contribution in [-0.2, 0) is 16.0 Å². The number of carboxylic acids is 1. The molecule has 0 aliphatic heterocycles. The number of hydrogen-bond donors (Lipinski definition) is 2. The van der Waals surface area contributed by atoms with Gasteiger partial charge in [-0.05, 0) is 41.8 Å². The molecule has 0 aliphatic rings. The zero-order chi connectivity index (χ0) is 25.4. The van der Waals surface area contributed by atoms with Crippen LogP contribution in [0.2, 0.25) is 0 Å². The van der Waals surface area contributed by atoms with E-state index in [1.807, 2.05) is 0 Å². The number of carbonyl (C=O) groups excluding carboxylic acids is 1. The fraction of sp³-hybridized carbons (Fsp3) is 0.107. The van der Waals surface area contributed by atoms with Gasteiger partial charge < -0.3 is 19.3 Å². The molecule has 36 heavy (non-hydrogen) atoms. The highest BCUT2D eigenvalue weighted by Crippen LogP contribution is 2.34. The molecule has 8 heteroatoms. The molecule has 0 bridgehead atoms. The lowest BCUT2D eigenvalue weighted by atomic mass is 9.99. The predicted octanol–water partition coefficient (Wildman–Crippen LogP) is 5.14. The lowest BCUT2D eigenvalue weighted by molar-refractivity contribution is -0.142. The molecule has 0 aliphatic carbocycles. The lowest BCUT2D eigenvalue weighted by Gasteiger charge is -2.15. The molecule has 1 amide bonds. The summed E-state index contributed by atoms with van der Waals surface area (Å²) in [5.74, 6) is -2.19. The number of rotatable bonds is 6. The minimum absolute atomic E-state index is 0.128. The SMILES string of the molecule is Cc1c(CC(=O)NC(C(=O)O)c2ccccc2)c(=O)oc2cc3occ(-c4ccc(F)cc4)c3cc12. The summed E-state index contributed by atoms with van der Waals surface area (Å²) >= 11 is 0. The average molecular weight is 485 g/mol. The fourth-order valence-corrected chi connectivity index (χ4v) is 4.27. The highest BCUT2D eigenvalue weighted by Gasteiger charge is 2.24. The number of carbonyl (C=O) groups is 2. The Kier molecular flexibility index (Phi) is 5.85. The van der Waals surface area contributed by atoms with Gasteiger partial charge in [-0.2, -0.15) is 0 Å². The highest BCUT2D eigenvalue weighted by molar-refractivity contribution is 6.02. The van der Waals surface area contributed by atoms with Crippen LogP contribution in [-0.4, -0.2) is 17.0 Å². The first-order valence-electron chi connectivity index (χ1n) is 11.1. The maximum atomic E-state index is 13.4. The Morgan fingerprint density at radius 3 is 2.42 bits per heavy atom. The van der Waals surface area contributed by atoms with E-state index in [2.05, 4.69) is 5.32 Å². The topological polar surface area (TPSA) is 110 Å². The van der Waals surface area contributed by atoms with Gasteiger partial charge in [0.05, 0.1) is 18.2 Å². The van der Waals surface area contributed by atoms with Crippen molar-refractivity contribution in [1.29, 1.82) is 0 Å². The number of aryl methyl sites for hydroxylation is 1. The molecule has 0 spiro atoms. The average Bonchev–Trinajstić information content (AvgIpc) is 3.27. The van der Waals surface area contributed by atoms with Crippen molar-refractivity contribution in [1.82, 2.24) is 5.32 Å². The molecule has 2 N–H and O–H groups in total. The Morgan fingerprint density at radius 2 is 1.72 bits per heavy atom. The van der Waals surface area contributed by atoms with Crippen molar-refractivity contribution < 1.29 is 27.9 Å². The number of fused-ring (bicyclic) bond motifs is 2. The van der Waals surface area contributed by atoms with Crippen molar-refractivity contribution in [3.63, 3.8) is 0 Å². The van der Waals surface area contributed by atoms with E-state index in [0.29, 0.717) is 27.7 Å². The third kappa shape index (κ3) is 4.24. The summed E-state index contributed by atoms with van der Waals surface area (Å²) in [5, 5.41) is 13.4. The third-order valence-electron chi connectivity index (χ3n) is 6.16. The molecule has 0 radical (unpaired) electrons. The Labute approximate surface area is 203 Å². The molecular weight excluding hydrogens is 465 g/mol. The van der Waals surface area contributed by atoms with Crippen LogP contribution in [0, 0.1) is 12.7 Å². The Balaban J connectivity index is 1.51. The molecule has 1 unspecified atom stereocenters. The second kappa shape index (κ2) is 9.14. The van der Waals surface area contributed by atoms with Crippen molar-refractivity contribution >= 4 is 33.8 Å². The van der Waals surface area contributed by atoms with Crippen LogP contribution in [0.15, 0.2) is 86.6 Å². The zero-order valence-corrected chi connectivity index (χ0v) is 19.1. The van der Waals surface area contributed by atoms with Crippen LogP contribution in [0.5, 0.6) is 0 Å². The minimum atomic E-state index is -1.25. The monoisotopic (exact) mass is 485 g/mol. The summed E-state index contributed by atoms with van der Waals surface area (Å²) < 4.78 is 24.5. The van der Waals surface area contributed by atoms with Gasteiger partial charge in [0, 0.05) is 22.4 Å². The van der Waals surface area contributed by atoms with Crippen LogP contribution >= 0.6 is 0 Å². The van der Waals surface area contributed by atoms with E-state index >= 15 is 0 Å². The predicted molar refractivity (Wildman–Crippen MR) is 131 cm³/mol. The number of benzene rings is 3. The summed E-state index contributed by atoms with van der Waals surface area (Å²) in [4.78, 5) is 37.3. The first-order valence-corrected chi connectivity index (χ1v) is 11.1. The molecule has 180 valence electrons. The number of furan rings is 1. The molecule has 5 aromatic rings. The molecule has 0 fully saturated rings. The van der Waals surface area contributed by atoms with Crippen molar-refractivity contribution in [2.75, 3.05) is 0 Å². The Hall–Kier alpha value is -4.72. The molecule has 0 saturated heterocycles. The first-order chi connectivity index (χ1) is 17.3. The second-order valence-corrected chi connectivity index (χ2v) is 8.42. The van der Waals surface area contributed by atoms with Crippen molar-refractivity contribution in [3.8, 4) is 11.1 Å². The number of halogens is 1. The second-order valence-electron chi connectivity index (χ2n) is 8.42. The zero-order valence-electron chi connectivity index (χ0n) is 19.1. The van der Waals surface area contributed by atoms with Crippen LogP contribution in [0.1, 0.15) is 22.7 Å². The van der Waals surface area contributed by atoms with Gasteiger partial charge in [0.25, 0.3) is 0 Å². The van der Waals surface area contributed by atoms with Crippen molar-refractivity contribution in [3.05, 3.63) is 106 Å². The lowest BCUT2D eigenvalue weighted by Crippen LogP contribution is -2.35. The van der Waals surface area contributed by atoms with Gasteiger partial charge in [-0.15, -0.1) is 0 Å². The number of amides is 1. The maximum Gasteiger partial charge on any atom is 0.340 e. The normalized spacial score (nSPS) is 12.1. The number of nitrogens with one attached hydrogen (secondary N) is 1. The Morgan fingerprint density at radius 1 is 1.00 bits per heavy atom. The van der Waals surface area contributed by atoms with Crippen LogP contribution < -0.4 is 10.9 Å². The van der Waals surface area contributed by atoms with E-state index in [9.17, 15) is 23.9 Å². The van der Waals surface area contributed by atoms with E-state index in [0.717, 1.165) is 16.5 Å². The van der Waals surface area contributed by atoms with Gasteiger partial charge in [0.1, 0.15) is 17.0 Å². The van der Waals surface area contributed by atoms with Gasteiger partial charge in [0.15, 0.2) is 6.04 Å². The van der Waals surface area contributed by atoms with Crippen LogP contribution in [0.25, 0.3) is 33.1 Å². The summed E-state index contributed by atoms with van der Waals surface area (Å²) in [6, 6.07) is 16.4. The van der Waals surface area contributed by atoms with E-state index in [1.54, 1.807) is 67.8 Å². The summed E-state index contributed by atoms with van der Waals surface area (Å²) in [5.41, 5.74) is 2.67. The standard InChI is InChI=1S/C28H20FNO6/c1-15-19-11-21-22(16-7-9-18(29)10-8-16)14-35-23(21)13-24(19)36-28(34)20(15)12-25(31)30-26(27(32)33)17-5-3-2-4-6-17/h2-11,13-14,26H,12H2,1H3,(H,30,31)(H,32,33). The van der Waals surface area contributed by atoms with E-state index in [1.165, 1.54) is 12.1 Å². The van der Waals surface area contributed by atoms with Gasteiger partial charge in [-0.1, -0.05) is 42.5 Å². The largest absolute Gasteiger partial charge is 0.479 e. The smallest absolute Gasteiger partial charge is 0.340 e. The van der Waals surface area contributed by atoms with E-state index in [-0.39, 0.29) is 17.8 Å². The molecule has 3 aromatic carbocycles. The summed E-state index contributed by atoms with van der Waals surface area (Å²) in [6.07, 6.45) is 1.20. The molecule has 7 nitrogen and oxygen atoms in total. The third-order valence-corrected chi connectivity index (χ3v) is 6.16. The fourth-order valence-electron chi connectivity index (χ4n) is 4.27. The minimum Gasteiger partial charge on any atom is -0.479 e. The number of carboxylic acid groups (broad SMARTS) is 1. The molecule has 2 aromatic heterocycles. The maximum absolute atomic E-state index is 13.4. The van der Waals surface area contributed by atoms with E-state index in [4.69, 9.17) is 8.83 Å². The molecule has 0 saturated carbocycles. The van der Waals surface area contributed by atoms with E-state index < -0.39 is 23.5 Å². The van der Waals surface area contributed by atoms with Crippen molar-refractivity contribution in [2.24, 2.45) is 0 Å². The molecular formula is C28H20FNO6. The van der Waals surface area contributed by atoms with Crippen LogP contribution in [0.4, 0.5) is 4.39 Å². The van der Waals surface area contributed by atoms with Crippen molar-refractivity contribution in [2.45, 2.75) is 19.4 Å². The summed E-state index contributed by atoms with van der Waals surface area (Å²) in [6.45, 7) is 1.71. The first kappa shape index (κ1) is 23.0. The number of hydrogen-bond acceptors (Lipinski definition) is 5. The van der Waals surface area contributed by atoms with Gasteiger partial charge >= 0.3 is 11.6 Å². The molecule has 2 heterocycles. The number of aliphatic carboxylic acids is 1. The summed E-state index contributed by atoms with van der Waals surface area (Å²) in [7, 11) is 0. The van der Waals surface area contributed by atoms with Gasteiger partial charge in [0.2, 0.25) is 5.91 Å². The van der Waals surface area contributed by atoms with Gasteiger partial charge in [-0.25, -0.2) is 14.0 Å².